The molecule has 0 fully saturated rings. The van der Waals surface area contributed by atoms with Crippen LogP contribution in [0.1, 0.15) is 5.56 Å². The fourth-order valence-corrected chi connectivity index (χ4v) is 1.42. The van der Waals surface area contributed by atoms with Gasteiger partial charge in [-0.05, 0) is 17.7 Å². The van der Waals surface area contributed by atoms with Crippen LogP contribution in [-0.4, -0.2) is 8.42 Å². The average Bonchev–Trinajstić information content (AvgIpc) is 2.07. The molecule has 0 heterocycles. The van der Waals surface area contributed by atoms with Gasteiger partial charge in [0.1, 0.15) is 5.82 Å². The molecule has 0 bridgehead atoms. The maximum atomic E-state index is 12.5. The second-order valence-electron chi connectivity index (χ2n) is 2.78. The summed E-state index contributed by atoms with van der Waals surface area (Å²) in [6.07, 6.45) is 0.103. The molecule has 0 N–H and O–H groups in total. The molecule has 0 aromatic heterocycles. The van der Waals surface area contributed by atoms with Crippen LogP contribution in [0.5, 0.6) is 0 Å². The summed E-state index contributed by atoms with van der Waals surface area (Å²) < 4.78 is 34.1. The zero-order chi connectivity index (χ0) is 10.8. The Morgan fingerprint density at radius 2 is 1.86 bits per heavy atom. The van der Waals surface area contributed by atoms with E-state index >= 15 is 0 Å². The van der Waals surface area contributed by atoms with Crippen LogP contribution in [0.15, 0.2) is 35.7 Å². The van der Waals surface area contributed by atoms with E-state index in [0.717, 1.165) is 0 Å². The van der Waals surface area contributed by atoms with Crippen molar-refractivity contribution in [3.8, 4) is 0 Å². The van der Waals surface area contributed by atoms with Gasteiger partial charge in [-0.2, -0.15) is 0 Å². The van der Waals surface area contributed by atoms with Crippen molar-refractivity contribution in [2.75, 3.05) is 0 Å². The van der Waals surface area contributed by atoms with E-state index in [9.17, 15) is 12.8 Å². The number of halogens is 2. The number of rotatable bonds is 3. The summed E-state index contributed by atoms with van der Waals surface area (Å²) in [5.41, 5.74) is 0.653. The zero-order valence-corrected chi connectivity index (χ0v) is 8.78. The molecule has 2 nitrogen and oxygen atoms in total. The molecule has 1 rings (SSSR count). The summed E-state index contributed by atoms with van der Waals surface area (Å²) in [7, 11) is 1.34. The Morgan fingerprint density at radius 1 is 1.36 bits per heavy atom. The second-order valence-corrected chi connectivity index (χ2v) is 5.45. The Bertz CT molecular complexity index is 436. The molecule has 0 aliphatic heterocycles. The molecule has 0 unspecified atom stereocenters. The third-order valence-corrected chi connectivity index (χ3v) is 3.15. The molecule has 0 saturated heterocycles. The lowest BCUT2D eigenvalue weighted by Crippen LogP contribution is -1.97. The molecule has 1 aromatic rings. The predicted molar refractivity (Wildman–Crippen MR) is 54.0 cm³/mol. The van der Waals surface area contributed by atoms with Gasteiger partial charge in [0, 0.05) is 17.1 Å². The van der Waals surface area contributed by atoms with E-state index < -0.39 is 9.05 Å². The SMILES string of the molecule is C=C(Cc1ccc(F)cc1)S(=O)(=O)Cl. The van der Waals surface area contributed by atoms with Crippen molar-refractivity contribution in [3.63, 3.8) is 0 Å². The van der Waals surface area contributed by atoms with Crippen LogP contribution in [-0.2, 0) is 15.5 Å². The normalized spacial score (nSPS) is 11.3. The first-order valence-corrected chi connectivity index (χ1v) is 6.07. The highest BCUT2D eigenvalue weighted by atomic mass is 35.7. The van der Waals surface area contributed by atoms with Gasteiger partial charge in [-0.15, -0.1) is 0 Å². The minimum Gasteiger partial charge on any atom is -0.207 e. The Hall–Kier alpha value is -0.870. The van der Waals surface area contributed by atoms with Crippen molar-refractivity contribution in [1.82, 2.24) is 0 Å². The first-order valence-electron chi connectivity index (χ1n) is 3.76. The largest absolute Gasteiger partial charge is 0.257 e. The van der Waals surface area contributed by atoms with Crippen LogP contribution >= 0.6 is 10.7 Å². The third-order valence-electron chi connectivity index (χ3n) is 1.66. The lowest BCUT2D eigenvalue weighted by molar-refractivity contribution is 0.614. The van der Waals surface area contributed by atoms with Crippen molar-refractivity contribution in [3.05, 3.63) is 47.1 Å². The molecule has 0 radical (unpaired) electrons. The highest BCUT2D eigenvalue weighted by molar-refractivity contribution is 8.16. The first kappa shape index (κ1) is 11.2. The Labute approximate surface area is 86.4 Å². The maximum Gasteiger partial charge on any atom is 0.257 e. The van der Waals surface area contributed by atoms with E-state index in [0.29, 0.717) is 5.56 Å². The van der Waals surface area contributed by atoms with Gasteiger partial charge in [-0.25, -0.2) is 12.8 Å². The van der Waals surface area contributed by atoms with E-state index in [1.807, 2.05) is 0 Å². The lowest BCUT2D eigenvalue weighted by atomic mass is 10.1. The van der Waals surface area contributed by atoms with Crippen molar-refractivity contribution in [2.45, 2.75) is 6.42 Å². The van der Waals surface area contributed by atoms with E-state index in [1.54, 1.807) is 0 Å². The van der Waals surface area contributed by atoms with Crippen LogP contribution in [0.2, 0.25) is 0 Å². The molecule has 0 aliphatic carbocycles. The van der Waals surface area contributed by atoms with Crippen LogP contribution in [0.25, 0.3) is 0 Å². The molecule has 0 saturated carbocycles. The molecule has 0 spiro atoms. The second kappa shape index (κ2) is 4.11. The average molecular weight is 235 g/mol. The summed E-state index contributed by atoms with van der Waals surface area (Å²) in [4.78, 5) is -0.0919. The molecule has 0 atom stereocenters. The van der Waals surface area contributed by atoms with Crippen molar-refractivity contribution < 1.29 is 12.8 Å². The summed E-state index contributed by atoms with van der Waals surface area (Å²) >= 11 is 0. The van der Waals surface area contributed by atoms with Gasteiger partial charge in [0.25, 0.3) is 9.05 Å². The summed E-state index contributed by atoms with van der Waals surface area (Å²) in [6, 6.07) is 5.48. The molecule has 1 aromatic carbocycles. The quantitative estimate of drug-likeness (QED) is 0.753. The van der Waals surface area contributed by atoms with E-state index in [1.165, 1.54) is 24.3 Å². The van der Waals surface area contributed by atoms with Gasteiger partial charge in [-0.3, -0.25) is 0 Å². The minimum atomic E-state index is -3.73. The molecular weight excluding hydrogens is 227 g/mol. The third kappa shape index (κ3) is 3.12. The van der Waals surface area contributed by atoms with Crippen molar-refractivity contribution in [1.29, 1.82) is 0 Å². The fraction of sp³-hybridized carbons (Fsp3) is 0.111. The molecule has 76 valence electrons. The van der Waals surface area contributed by atoms with Gasteiger partial charge in [0.2, 0.25) is 0 Å². The zero-order valence-electron chi connectivity index (χ0n) is 7.20. The molecule has 0 aliphatic rings. The molecular formula is C9H8ClFO2S. The monoisotopic (exact) mass is 234 g/mol. The van der Waals surface area contributed by atoms with Gasteiger partial charge < -0.3 is 0 Å². The van der Waals surface area contributed by atoms with Gasteiger partial charge in [-0.1, -0.05) is 18.7 Å². The van der Waals surface area contributed by atoms with E-state index in [2.05, 4.69) is 6.58 Å². The summed E-state index contributed by atoms with van der Waals surface area (Å²) in [5, 5.41) is 0. The van der Waals surface area contributed by atoms with Crippen molar-refractivity contribution in [2.24, 2.45) is 0 Å². The molecule has 14 heavy (non-hydrogen) atoms. The van der Waals surface area contributed by atoms with E-state index in [-0.39, 0.29) is 17.1 Å². The number of hydrogen-bond acceptors (Lipinski definition) is 2. The maximum absolute atomic E-state index is 12.5. The van der Waals surface area contributed by atoms with Gasteiger partial charge >= 0.3 is 0 Å². The predicted octanol–water partition coefficient (Wildman–Crippen LogP) is 2.45. The van der Waals surface area contributed by atoms with Gasteiger partial charge in [0.15, 0.2) is 0 Å². The molecule has 0 amide bonds. The highest BCUT2D eigenvalue weighted by Gasteiger charge is 2.11. The lowest BCUT2D eigenvalue weighted by Gasteiger charge is -2.01. The summed E-state index contributed by atoms with van der Waals surface area (Å²) in [6.45, 7) is 3.33. The fourth-order valence-electron chi connectivity index (χ4n) is 0.916. The van der Waals surface area contributed by atoms with Crippen LogP contribution < -0.4 is 0 Å². The Morgan fingerprint density at radius 3 is 2.29 bits per heavy atom. The number of allylic oxidation sites excluding steroid dienone is 1. The number of benzene rings is 1. The smallest absolute Gasteiger partial charge is 0.207 e. The Balaban J connectivity index is 2.81. The number of hydrogen-bond donors (Lipinski definition) is 0. The topological polar surface area (TPSA) is 34.1 Å². The minimum absolute atomic E-state index is 0.0919. The first-order chi connectivity index (χ1) is 6.39. The molecule has 5 heteroatoms. The van der Waals surface area contributed by atoms with Crippen molar-refractivity contribution >= 4 is 19.7 Å². The standard InChI is InChI=1S/C9H8ClFO2S/c1-7(14(10,12)13)6-8-2-4-9(11)5-3-8/h2-5H,1,6H2. The van der Waals surface area contributed by atoms with Crippen LogP contribution in [0.3, 0.4) is 0 Å². The van der Waals surface area contributed by atoms with Crippen LogP contribution in [0, 0.1) is 5.82 Å². The van der Waals surface area contributed by atoms with Gasteiger partial charge in [0.05, 0.1) is 4.91 Å². The van der Waals surface area contributed by atoms with E-state index in [4.69, 9.17) is 10.7 Å². The van der Waals surface area contributed by atoms with Crippen LogP contribution in [0.4, 0.5) is 4.39 Å². The Kier molecular flexibility index (Phi) is 3.29. The highest BCUT2D eigenvalue weighted by Crippen LogP contribution is 2.15. The summed E-state index contributed by atoms with van der Waals surface area (Å²) in [5.74, 6) is -0.368.